The predicted molar refractivity (Wildman–Crippen MR) is 66.7 cm³/mol. The molecule has 0 aliphatic heterocycles. The second-order valence-electron chi connectivity index (χ2n) is 3.73. The first-order valence-corrected chi connectivity index (χ1v) is 5.56. The number of hydrogen-bond donors (Lipinski definition) is 0. The van der Waals surface area contributed by atoms with Gasteiger partial charge >= 0.3 is 0 Å². The molecule has 4 heteroatoms. The molecule has 17 heavy (non-hydrogen) atoms. The number of carbonyl (C=O) groups is 1. The molecule has 2 aromatic rings. The van der Waals surface area contributed by atoms with Gasteiger partial charge in [-0.3, -0.25) is 4.79 Å². The topological polar surface area (TPSA) is 31.2 Å². The van der Waals surface area contributed by atoms with Crippen LogP contribution in [-0.4, -0.2) is 17.0 Å². The number of ketones is 1. The molecule has 0 aliphatic carbocycles. The van der Waals surface area contributed by atoms with Gasteiger partial charge in [-0.2, -0.15) is 0 Å². The van der Waals surface area contributed by atoms with Crippen LogP contribution in [0.3, 0.4) is 0 Å². The van der Waals surface area contributed by atoms with E-state index in [4.69, 9.17) is 16.3 Å². The predicted octanol–water partition coefficient (Wildman–Crippen LogP) is 2.94. The minimum absolute atomic E-state index is 0.0334. The number of rotatable bonds is 4. The summed E-state index contributed by atoms with van der Waals surface area (Å²) in [5, 5.41) is 0.645. The zero-order valence-electron chi connectivity index (χ0n) is 9.39. The van der Waals surface area contributed by atoms with Crippen LogP contribution in [0.4, 0.5) is 0 Å². The molecule has 0 amide bonds. The molecule has 0 bridgehead atoms. The molecule has 0 radical (unpaired) electrons. The Morgan fingerprint density at radius 2 is 2.00 bits per heavy atom. The van der Waals surface area contributed by atoms with Crippen LogP contribution in [0, 0.1) is 0 Å². The lowest BCUT2D eigenvalue weighted by Crippen LogP contribution is -2.10. The first-order valence-electron chi connectivity index (χ1n) is 5.19. The molecule has 0 saturated heterocycles. The highest BCUT2D eigenvalue weighted by Gasteiger charge is 2.07. The number of nitrogens with zero attached hydrogens (tertiary/aromatic N) is 1. The fourth-order valence-corrected chi connectivity index (χ4v) is 1.56. The number of aryl methyl sites for hydroxylation is 1. The van der Waals surface area contributed by atoms with Gasteiger partial charge < -0.3 is 9.30 Å². The SMILES string of the molecule is Cn1ccc(C(=O)COc2ccc(Cl)cc2)c1. The summed E-state index contributed by atoms with van der Waals surface area (Å²) in [5.74, 6) is 0.597. The summed E-state index contributed by atoms with van der Waals surface area (Å²) in [6, 6.07) is 8.70. The van der Waals surface area contributed by atoms with E-state index in [9.17, 15) is 4.79 Å². The van der Waals surface area contributed by atoms with Crippen LogP contribution in [0.1, 0.15) is 10.4 Å². The van der Waals surface area contributed by atoms with Crippen LogP contribution in [0.15, 0.2) is 42.7 Å². The Kier molecular flexibility index (Phi) is 3.49. The molecule has 0 N–H and O–H groups in total. The van der Waals surface area contributed by atoms with Crippen LogP contribution >= 0.6 is 11.6 Å². The van der Waals surface area contributed by atoms with E-state index in [-0.39, 0.29) is 12.4 Å². The van der Waals surface area contributed by atoms with Crippen molar-refractivity contribution in [2.24, 2.45) is 7.05 Å². The molecule has 0 spiro atoms. The number of aromatic nitrogens is 1. The van der Waals surface area contributed by atoms with Crippen molar-refractivity contribution < 1.29 is 9.53 Å². The van der Waals surface area contributed by atoms with E-state index < -0.39 is 0 Å². The van der Waals surface area contributed by atoms with E-state index in [0.29, 0.717) is 16.3 Å². The van der Waals surface area contributed by atoms with Crippen LogP contribution in [-0.2, 0) is 7.05 Å². The zero-order valence-corrected chi connectivity index (χ0v) is 10.1. The van der Waals surface area contributed by atoms with E-state index in [1.807, 2.05) is 17.8 Å². The van der Waals surface area contributed by atoms with Gasteiger partial charge in [0.15, 0.2) is 6.61 Å². The van der Waals surface area contributed by atoms with E-state index >= 15 is 0 Å². The van der Waals surface area contributed by atoms with Gasteiger partial charge in [0.05, 0.1) is 0 Å². The summed E-state index contributed by atoms with van der Waals surface area (Å²) < 4.78 is 7.20. The molecule has 1 aromatic carbocycles. The number of Topliss-reactive ketones (excluding diaryl/α,β-unsaturated/α-hetero) is 1. The summed E-state index contributed by atoms with van der Waals surface area (Å²) in [6.45, 7) is 0.0334. The molecule has 0 unspecified atom stereocenters. The monoisotopic (exact) mass is 249 g/mol. The Bertz CT molecular complexity index is 516. The average Bonchev–Trinajstić information content (AvgIpc) is 2.75. The second-order valence-corrected chi connectivity index (χ2v) is 4.17. The van der Waals surface area contributed by atoms with Gasteiger partial charge in [-0.15, -0.1) is 0 Å². The quantitative estimate of drug-likeness (QED) is 0.780. The Morgan fingerprint density at radius 3 is 2.59 bits per heavy atom. The summed E-state index contributed by atoms with van der Waals surface area (Å²) in [6.07, 6.45) is 3.60. The number of ether oxygens (including phenoxy) is 1. The van der Waals surface area contributed by atoms with E-state index in [1.54, 1.807) is 36.5 Å². The van der Waals surface area contributed by atoms with Crippen molar-refractivity contribution in [3.05, 3.63) is 53.3 Å². The van der Waals surface area contributed by atoms with Crippen molar-refractivity contribution in [2.45, 2.75) is 0 Å². The van der Waals surface area contributed by atoms with Gasteiger partial charge in [-0.1, -0.05) is 11.6 Å². The fourth-order valence-electron chi connectivity index (χ4n) is 1.43. The van der Waals surface area contributed by atoms with Crippen LogP contribution in [0.25, 0.3) is 0 Å². The first kappa shape index (κ1) is 11.7. The van der Waals surface area contributed by atoms with E-state index in [0.717, 1.165) is 0 Å². The zero-order chi connectivity index (χ0) is 12.3. The van der Waals surface area contributed by atoms with Crippen molar-refractivity contribution in [2.75, 3.05) is 6.61 Å². The molecule has 1 heterocycles. The lowest BCUT2D eigenvalue weighted by Gasteiger charge is -2.04. The van der Waals surface area contributed by atoms with E-state index in [1.165, 1.54) is 0 Å². The van der Waals surface area contributed by atoms with Gasteiger partial charge in [0, 0.05) is 30.0 Å². The minimum Gasteiger partial charge on any atom is -0.485 e. The Balaban J connectivity index is 1.94. The molecule has 1 aromatic heterocycles. The Morgan fingerprint density at radius 1 is 1.29 bits per heavy atom. The van der Waals surface area contributed by atoms with Gasteiger partial charge in [-0.25, -0.2) is 0 Å². The Labute approximate surface area is 105 Å². The molecular weight excluding hydrogens is 238 g/mol. The smallest absolute Gasteiger partial charge is 0.201 e. The standard InChI is InChI=1S/C13H12ClNO2/c1-15-7-6-10(8-15)13(16)9-17-12-4-2-11(14)3-5-12/h2-8H,9H2,1H3. The minimum atomic E-state index is -0.0412. The van der Waals surface area contributed by atoms with Crippen LogP contribution in [0.5, 0.6) is 5.75 Å². The summed E-state index contributed by atoms with van der Waals surface area (Å²) in [7, 11) is 1.87. The summed E-state index contributed by atoms with van der Waals surface area (Å²) >= 11 is 5.75. The molecule has 0 fully saturated rings. The summed E-state index contributed by atoms with van der Waals surface area (Å²) in [5.41, 5.74) is 0.654. The van der Waals surface area contributed by atoms with Crippen molar-refractivity contribution in [1.29, 1.82) is 0 Å². The van der Waals surface area contributed by atoms with Crippen LogP contribution < -0.4 is 4.74 Å². The average molecular weight is 250 g/mol. The maximum Gasteiger partial charge on any atom is 0.201 e. The first-order chi connectivity index (χ1) is 8.15. The third-order valence-electron chi connectivity index (χ3n) is 2.34. The molecule has 3 nitrogen and oxygen atoms in total. The lowest BCUT2D eigenvalue weighted by atomic mass is 10.2. The highest BCUT2D eigenvalue weighted by molar-refractivity contribution is 6.30. The summed E-state index contributed by atoms with van der Waals surface area (Å²) in [4.78, 5) is 11.7. The molecule has 0 atom stereocenters. The fraction of sp³-hybridized carbons (Fsp3) is 0.154. The van der Waals surface area contributed by atoms with Gasteiger partial charge in [0.25, 0.3) is 0 Å². The van der Waals surface area contributed by atoms with Crippen LogP contribution in [0.2, 0.25) is 5.02 Å². The van der Waals surface area contributed by atoms with E-state index in [2.05, 4.69) is 0 Å². The molecule has 0 saturated carbocycles. The lowest BCUT2D eigenvalue weighted by molar-refractivity contribution is 0.0921. The third kappa shape index (κ3) is 3.11. The molecule has 0 aliphatic rings. The maximum atomic E-state index is 11.7. The molecular formula is C13H12ClNO2. The second kappa shape index (κ2) is 5.06. The third-order valence-corrected chi connectivity index (χ3v) is 2.59. The number of carbonyl (C=O) groups excluding carboxylic acids is 1. The Hall–Kier alpha value is -1.74. The highest BCUT2D eigenvalue weighted by atomic mass is 35.5. The normalized spacial score (nSPS) is 10.2. The van der Waals surface area contributed by atoms with Gasteiger partial charge in [-0.05, 0) is 30.3 Å². The van der Waals surface area contributed by atoms with Crippen molar-refractivity contribution in [3.8, 4) is 5.75 Å². The van der Waals surface area contributed by atoms with Gasteiger partial charge in [0.1, 0.15) is 5.75 Å². The number of hydrogen-bond acceptors (Lipinski definition) is 2. The van der Waals surface area contributed by atoms with Crippen molar-refractivity contribution >= 4 is 17.4 Å². The van der Waals surface area contributed by atoms with Crippen molar-refractivity contribution in [3.63, 3.8) is 0 Å². The maximum absolute atomic E-state index is 11.7. The highest BCUT2D eigenvalue weighted by Crippen LogP contribution is 2.15. The van der Waals surface area contributed by atoms with Gasteiger partial charge in [0.2, 0.25) is 5.78 Å². The molecule has 88 valence electrons. The number of benzene rings is 1. The number of halogens is 1. The van der Waals surface area contributed by atoms with Crippen molar-refractivity contribution in [1.82, 2.24) is 4.57 Å². The largest absolute Gasteiger partial charge is 0.485 e. The molecule has 2 rings (SSSR count).